The molecule has 2 rings (SSSR count). The molecule has 1 atom stereocenters. The van der Waals surface area contributed by atoms with Gasteiger partial charge in [-0.1, -0.05) is 0 Å². The summed E-state index contributed by atoms with van der Waals surface area (Å²) in [6, 6.07) is 0. The number of hydrogen-bond acceptors (Lipinski definition) is 4. The van der Waals surface area contributed by atoms with E-state index in [9.17, 15) is 0 Å². The quantitative estimate of drug-likeness (QED) is 0.742. The number of likely N-dealkylation sites (tertiary alicyclic amines) is 1. The molecule has 2 fully saturated rings. The van der Waals surface area contributed by atoms with Gasteiger partial charge < -0.3 is 14.8 Å². The number of ether oxygens (including phenoxy) is 2. The molecule has 0 radical (unpaired) electrons. The molecule has 1 N–H and O–H groups in total. The third-order valence-electron chi connectivity index (χ3n) is 3.65. The van der Waals surface area contributed by atoms with Crippen LogP contribution in [0.15, 0.2) is 0 Å². The van der Waals surface area contributed by atoms with Crippen LogP contribution in [0.5, 0.6) is 0 Å². The maximum absolute atomic E-state index is 5.89. The summed E-state index contributed by atoms with van der Waals surface area (Å²) in [6.45, 7) is 8.30. The number of methoxy groups -OCH3 is 1. The molecule has 2 aliphatic heterocycles. The van der Waals surface area contributed by atoms with Crippen LogP contribution in [0.1, 0.15) is 19.8 Å². The lowest BCUT2D eigenvalue weighted by molar-refractivity contribution is -0.0767. The van der Waals surface area contributed by atoms with Crippen LogP contribution in [0.2, 0.25) is 0 Å². The first-order valence-electron chi connectivity index (χ1n) is 6.32. The first-order valence-corrected chi connectivity index (χ1v) is 6.32. The SMILES string of the molecule is COC1CCCN(CCOC2(C)CNC2)C1. The van der Waals surface area contributed by atoms with Crippen LogP contribution in [0.25, 0.3) is 0 Å². The number of rotatable bonds is 5. The Kier molecular flexibility index (Phi) is 4.19. The van der Waals surface area contributed by atoms with E-state index in [1.807, 2.05) is 7.11 Å². The summed E-state index contributed by atoms with van der Waals surface area (Å²) < 4.78 is 11.3. The van der Waals surface area contributed by atoms with E-state index in [1.54, 1.807) is 0 Å². The summed E-state index contributed by atoms with van der Waals surface area (Å²) in [5.41, 5.74) is 0.0937. The molecule has 4 heteroatoms. The predicted molar refractivity (Wildman–Crippen MR) is 63.7 cm³/mol. The van der Waals surface area contributed by atoms with Crippen molar-refractivity contribution >= 4 is 0 Å². The van der Waals surface area contributed by atoms with Gasteiger partial charge in [-0.25, -0.2) is 0 Å². The Hall–Kier alpha value is -0.160. The molecule has 0 bridgehead atoms. The minimum absolute atomic E-state index is 0.0937. The van der Waals surface area contributed by atoms with Gasteiger partial charge in [0.15, 0.2) is 0 Å². The second-order valence-corrected chi connectivity index (χ2v) is 5.20. The average molecular weight is 228 g/mol. The van der Waals surface area contributed by atoms with Crippen molar-refractivity contribution in [3.63, 3.8) is 0 Å². The molecule has 4 nitrogen and oxygen atoms in total. The Morgan fingerprint density at radius 2 is 2.25 bits per heavy atom. The number of piperidine rings is 1. The van der Waals surface area contributed by atoms with Crippen LogP contribution in [0.3, 0.4) is 0 Å². The Bertz CT molecular complexity index is 219. The fraction of sp³-hybridized carbons (Fsp3) is 1.00. The molecule has 94 valence electrons. The zero-order valence-corrected chi connectivity index (χ0v) is 10.5. The standard InChI is InChI=1S/C12H24N2O2/c1-12(9-13-10-12)16-7-6-14-5-3-4-11(8-14)15-2/h11,13H,3-10H2,1-2H3. The third-order valence-corrected chi connectivity index (χ3v) is 3.65. The number of nitrogens with zero attached hydrogens (tertiary/aromatic N) is 1. The summed E-state index contributed by atoms with van der Waals surface area (Å²) in [4.78, 5) is 2.45. The van der Waals surface area contributed by atoms with Crippen LogP contribution in [0, 0.1) is 0 Å². The highest BCUT2D eigenvalue weighted by atomic mass is 16.5. The minimum atomic E-state index is 0.0937. The van der Waals surface area contributed by atoms with Gasteiger partial charge in [0.1, 0.15) is 0 Å². The molecule has 0 spiro atoms. The highest BCUT2D eigenvalue weighted by Gasteiger charge is 2.32. The first kappa shape index (κ1) is 12.3. The molecule has 16 heavy (non-hydrogen) atoms. The van der Waals surface area contributed by atoms with Gasteiger partial charge in [0, 0.05) is 33.3 Å². The third kappa shape index (κ3) is 3.17. The van der Waals surface area contributed by atoms with Crippen molar-refractivity contribution in [3.05, 3.63) is 0 Å². The molecule has 0 aromatic carbocycles. The minimum Gasteiger partial charge on any atom is -0.380 e. The first-order chi connectivity index (χ1) is 7.72. The van der Waals surface area contributed by atoms with Crippen molar-refractivity contribution in [2.75, 3.05) is 46.4 Å². The molecule has 0 aromatic rings. The molecule has 2 heterocycles. The van der Waals surface area contributed by atoms with Crippen LogP contribution in [0.4, 0.5) is 0 Å². The van der Waals surface area contributed by atoms with Gasteiger partial charge in [-0.3, -0.25) is 4.90 Å². The van der Waals surface area contributed by atoms with Crippen LogP contribution in [-0.2, 0) is 9.47 Å². The summed E-state index contributed by atoms with van der Waals surface area (Å²) in [6.07, 6.45) is 2.88. The Balaban J connectivity index is 1.61. The molecule has 0 amide bonds. The summed E-state index contributed by atoms with van der Waals surface area (Å²) >= 11 is 0. The Labute approximate surface area is 98.3 Å². The van der Waals surface area contributed by atoms with E-state index in [0.717, 1.165) is 32.8 Å². The molecule has 0 aromatic heterocycles. The van der Waals surface area contributed by atoms with E-state index in [4.69, 9.17) is 9.47 Å². The number of hydrogen-bond donors (Lipinski definition) is 1. The monoisotopic (exact) mass is 228 g/mol. The van der Waals surface area contributed by atoms with Crippen molar-refractivity contribution in [1.82, 2.24) is 10.2 Å². The second kappa shape index (κ2) is 5.45. The summed E-state index contributed by atoms with van der Waals surface area (Å²) in [7, 11) is 1.81. The van der Waals surface area contributed by atoms with Gasteiger partial charge in [0.25, 0.3) is 0 Å². The highest BCUT2D eigenvalue weighted by molar-refractivity contribution is 4.90. The van der Waals surface area contributed by atoms with E-state index < -0.39 is 0 Å². The zero-order valence-electron chi connectivity index (χ0n) is 10.5. The molecule has 2 saturated heterocycles. The average Bonchev–Trinajstić information content (AvgIpc) is 2.27. The van der Waals surface area contributed by atoms with Crippen LogP contribution < -0.4 is 5.32 Å². The van der Waals surface area contributed by atoms with Gasteiger partial charge in [0.2, 0.25) is 0 Å². The zero-order chi connectivity index (χ0) is 11.4. The van der Waals surface area contributed by atoms with Crippen LogP contribution >= 0.6 is 0 Å². The van der Waals surface area contributed by atoms with Crippen molar-refractivity contribution in [3.8, 4) is 0 Å². The lowest BCUT2D eigenvalue weighted by Crippen LogP contribution is -2.59. The predicted octanol–water partition coefficient (Wildman–Crippen LogP) is 0.476. The van der Waals surface area contributed by atoms with E-state index in [-0.39, 0.29) is 5.60 Å². The van der Waals surface area contributed by atoms with Gasteiger partial charge >= 0.3 is 0 Å². The van der Waals surface area contributed by atoms with Gasteiger partial charge in [-0.15, -0.1) is 0 Å². The van der Waals surface area contributed by atoms with Crippen LogP contribution in [-0.4, -0.2) is 63.0 Å². The summed E-state index contributed by atoms with van der Waals surface area (Å²) in [5.74, 6) is 0. The molecular weight excluding hydrogens is 204 g/mol. The largest absolute Gasteiger partial charge is 0.380 e. The normalized spacial score (nSPS) is 30.0. The molecule has 1 unspecified atom stereocenters. The number of nitrogens with one attached hydrogen (secondary N) is 1. The van der Waals surface area contributed by atoms with Gasteiger partial charge in [-0.05, 0) is 26.3 Å². The van der Waals surface area contributed by atoms with Gasteiger partial charge in [0.05, 0.1) is 18.3 Å². The van der Waals surface area contributed by atoms with Crippen molar-refractivity contribution in [1.29, 1.82) is 0 Å². The maximum atomic E-state index is 5.89. The van der Waals surface area contributed by atoms with E-state index >= 15 is 0 Å². The maximum Gasteiger partial charge on any atom is 0.0902 e. The molecule has 2 aliphatic rings. The Morgan fingerprint density at radius 3 is 2.88 bits per heavy atom. The molecule has 0 aliphatic carbocycles. The fourth-order valence-corrected chi connectivity index (χ4v) is 2.41. The van der Waals surface area contributed by atoms with Crippen molar-refractivity contribution in [2.45, 2.75) is 31.5 Å². The van der Waals surface area contributed by atoms with E-state index in [1.165, 1.54) is 19.4 Å². The second-order valence-electron chi connectivity index (χ2n) is 5.20. The van der Waals surface area contributed by atoms with Crippen molar-refractivity contribution < 1.29 is 9.47 Å². The highest BCUT2D eigenvalue weighted by Crippen LogP contribution is 2.16. The lowest BCUT2D eigenvalue weighted by atomic mass is 10.0. The van der Waals surface area contributed by atoms with Gasteiger partial charge in [-0.2, -0.15) is 0 Å². The Morgan fingerprint density at radius 1 is 1.44 bits per heavy atom. The van der Waals surface area contributed by atoms with Crippen molar-refractivity contribution in [2.24, 2.45) is 0 Å². The fourth-order valence-electron chi connectivity index (χ4n) is 2.41. The molecule has 0 saturated carbocycles. The molecular formula is C12H24N2O2. The smallest absolute Gasteiger partial charge is 0.0902 e. The van der Waals surface area contributed by atoms with E-state index in [2.05, 4.69) is 17.1 Å². The topological polar surface area (TPSA) is 33.7 Å². The summed E-state index contributed by atoms with van der Waals surface area (Å²) in [5, 5.41) is 3.25. The van der Waals surface area contributed by atoms with E-state index in [0.29, 0.717) is 6.10 Å². The lowest BCUT2D eigenvalue weighted by Gasteiger charge is -2.40.